The van der Waals surface area contributed by atoms with Crippen molar-refractivity contribution >= 4 is 11.6 Å². The topological polar surface area (TPSA) is 30.5 Å². The summed E-state index contributed by atoms with van der Waals surface area (Å²) in [6, 6.07) is 8.21. The number of rotatable bonds is 5. The molecule has 0 saturated carbocycles. The van der Waals surface area contributed by atoms with Crippen molar-refractivity contribution in [1.82, 2.24) is 5.32 Å². The van der Waals surface area contributed by atoms with Crippen LogP contribution >= 0.6 is 11.6 Å². The maximum atomic E-state index is 13.7. The van der Waals surface area contributed by atoms with Crippen LogP contribution in [-0.4, -0.2) is 26.1 Å². The highest BCUT2D eigenvalue weighted by Gasteiger charge is 2.32. The fourth-order valence-electron chi connectivity index (χ4n) is 2.94. The molecule has 1 heterocycles. The zero-order valence-electron chi connectivity index (χ0n) is 14.3. The van der Waals surface area contributed by atoms with Gasteiger partial charge in [0.1, 0.15) is 5.82 Å². The van der Waals surface area contributed by atoms with Gasteiger partial charge < -0.3 is 14.8 Å². The third kappa shape index (κ3) is 5.49. The van der Waals surface area contributed by atoms with Crippen molar-refractivity contribution in [1.29, 1.82) is 0 Å². The lowest BCUT2D eigenvalue weighted by Crippen LogP contribution is -2.30. The van der Waals surface area contributed by atoms with Gasteiger partial charge in [-0.1, -0.05) is 23.7 Å². The molecule has 2 aromatic carbocycles. The molecule has 1 aliphatic heterocycles. The van der Waals surface area contributed by atoms with Crippen molar-refractivity contribution in [3.05, 3.63) is 47.2 Å². The van der Waals surface area contributed by atoms with E-state index in [-0.39, 0.29) is 23.3 Å². The van der Waals surface area contributed by atoms with E-state index in [0.717, 1.165) is 25.9 Å². The maximum absolute atomic E-state index is 13.7. The maximum Gasteiger partial charge on any atom is 0.573 e. The molecule has 3 rings (SSSR count). The number of alkyl halides is 3. The number of benzene rings is 2. The molecule has 0 amide bonds. The van der Waals surface area contributed by atoms with Crippen molar-refractivity contribution in [3.63, 3.8) is 0 Å². The Kier molecular flexibility index (Phi) is 6.11. The average Bonchev–Trinajstić information content (AvgIpc) is 2.63. The fourth-order valence-corrected chi connectivity index (χ4v) is 3.06. The van der Waals surface area contributed by atoms with Crippen LogP contribution in [0, 0.1) is 11.7 Å². The van der Waals surface area contributed by atoms with Gasteiger partial charge in [-0.25, -0.2) is 4.39 Å². The SMILES string of the molecule is Fc1cc(-c2ccc(OC(F)(F)F)c(OCC3CCNCC3)c2)ccc1Cl. The Hall–Kier alpha value is -1.99. The summed E-state index contributed by atoms with van der Waals surface area (Å²) in [7, 11) is 0. The first-order valence-corrected chi connectivity index (χ1v) is 8.88. The number of piperidine rings is 1. The van der Waals surface area contributed by atoms with Gasteiger partial charge in [0.15, 0.2) is 11.5 Å². The van der Waals surface area contributed by atoms with Crippen molar-refractivity contribution in [2.45, 2.75) is 19.2 Å². The number of ether oxygens (including phenoxy) is 2. The summed E-state index contributed by atoms with van der Waals surface area (Å²) in [5.74, 6) is -0.808. The zero-order chi connectivity index (χ0) is 19.4. The molecule has 1 N–H and O–H groups in total. The summed E-state index contributed by atoms with van der Waals surface area (Å²) < 4.78 is 61.5. The van der Waals surface area contributed by atoms with Crippen LogP contribution in [0.15, 0.2) is 36.4 Å². The van der Waals surface area contributed by atoms with Crippen LogP contribution in [0.5, 0.6) is 11.5 Å². The fraction of sp³-hybridized carbons (Fsp3) is 0.368. The van der Waals surface area contributed by atoms with Crippen LogP contribution in [0.3, 0.4) is 0 Å². The smallest absolute Gasteiger partial charge is 0.489 e. The molecule has 0 aromatic heterocycles. The molecular weight excluding hydrogens is 386 g/mol. The summed E-state index contributed by atoms with van der Waals surface area (Å²) in [6.07, 6.45) is -3.06. The minimum absolute atomic E-state index is 0.0290. The third-order valence-electron chi connectivity index (χ3n) is 4.36. The lowest BCUT2D eigenvalue weighted by Gasteiger charge is -2.23. The second-order valence-corrected chi connectivity index (χ2v) is 6.75. The number of hydrogen-bond donors (Lipinski definition) is 1. The second-order valence-electron chi connectivity index (χ2n) is 6.34. The van der Waals surface area contributed by atoms with Gasteiger partial charge in [0.05, 0.1) is 11.6 Å². The van der Waals surface area contributed by atoms with Crippen LogP contribution in [0.25, 0.3) is 11.1 Å². The minimum Gasteiger partial charge on any atom is -0.489 e. The van der Waals surface area contributed by atoms with E-state index in [1.54, 1.807) is 6.07 Å². The quantitative estimate of drug-likeness (QED) is 0.676. The molecule has 1 saturated heterocycles. The summed E-state index contributed by atoms with van der Waals surface area (Å²) >= 11 is 5.68. The van der Waals surface area contributed by atoms with E-state index < -0.39 is 17.9 Å². The number of hydrogen-bond acceptors (Lipinski definition) is 3. The summed E-state index contributed by atoms with van der Waals surface area (Å²) in [5, 5.41) is 3.19. The summed E-state index contributed by atoms with van der Waals surface area (Å²) in [6.45, 7) is 1.99. The molecular formula is C19H18ClF4NO2. The van der Waals surface area contributed by atoms with Crippen LogP contribution in [0.1, 0.15) is 12.8 Å². The Balaban J connectivity index is 1.86. The van der Waals surface area contributed by atoms with Crippen molar-refractivity contribution < 1.29 is 27.0 Å². The monoisotopic (exact) mass is 403 g/mol. The van der Waals surface area contributed by atoms with Gasteiger partial charge in [0, 0.05) is 0 Å². The van der Waals surface area contributed by atoms with Gasteiger partial charge in [-0.15, -0.1) is 13.2 Å². The van der Waals surface area contributed by atoms with E-state index >= 15 is 0 Å². The number of nitrogens with one attached hydrogen (secondary N) is 1. The minimum atomic E-state index is -4.83. The Morgan fingerprint density at radius 3 is 2.33 bits per heavy atom. The lowest BCUT2D eigenvalue weighted by molar-refractivity contribution is -0.275. The molecule has 2 aromatic rings. The van der Waals surface area contributed by atoms with Crippen molar-refractivity contribution in [3.8, 4) is 22.6 Å². The van der Waals surface area contributed by atoms with Gasteiger partial charge in [0.2, 0.25) is 0 Å². The largest absolute Gasteiger partial charge is 0.573 e. The molecule has 0 unspecified atom stereocenters. The van der Waals surface area contributed by atoms with Gasteiger partial charge in [-0.05, 0) is 67.2 Å². The van der Waals surface area contributed by atoms with Crippen LogP contribution in [0.4, 0.5) is 17.6 Å². The Bertz CT molecular complexity index is 792. The molecule has 1 aliphatic rings. The summed E-state index contributed by atoms with van der Waals surface area (Å²) in [5.41, 5.74) is 0.975. The predicted molar refractivity (Wildman–Crippen MR) is 94.6 cm³/mol. The molecule has 146 valence electrons. The highest BCUT2D eigenvalue weighted by Crippen LogP contribution is 2.37. The molecule has 27 heavy (non-hydrogen) atoms. The predicted octanol–water partition coefficient (Wildman–Crippen LogP) is 5.42. The third-order valence-corrected chi connectivity index (χ3v) is 4.66. The molecule has 0 radical (unpaired) electrons. The molecule has 8 heteroatoms. The van der Waals surface area contributed by atoms with Crippen LogP contribution in [0.2, 0.25) is 5.02 Å². The average molecular weight is 404 g/mol. The standard InChI is InChI=1S/C19H18ClF4NO2/c20-15-3-1-13(9-16(15)21)14-2-4-17(27-19(22,23)24)18(10-14)26-11-12-5-7-25-8-6-12/h1-4,9-10,12,25H,5-8,11H2. The Morgan fingerprint density at radius 1 is 1.00 bits per heavy atom. The van der Waals surface area contributed by atoms with E-state index in [0.29, 0.717) is 11.1 Å². The molecule has 3 nitrogen and oxygen atoms in total. The van der Waals surface area contributed by atoms with Gasteiger partial charge in [0.25, 0.3) is 0 Å². The highest BCUT2D eigenvalue weighted by molar-refractivity contribution is 6.30. The van der Waals surface area contributed by atoms with E-state index in [2.05, 4.69) is 10.1 Å². The molecule has 0 spiro atoms. The lowest BCUT2D eigenvalue weighted by atomic mass is 9.99. The van der Waals surface area contributed by atoms with E-state index in [9.17, 15) is 17.6 Å². The van der Waals surface area contributed by atoms with Gasteiger partial charge >= 0.3 is 6.36 Å². The van der Waals surface area contributed by atoms with E-state index in [1.807, 2.05) is 0 Å². The summed E-state index contributed by atoms with van der Waals surface area (Å²) in [4.78, 5) is 0. The normalized spacial score (nSPS) is 15.6. The molecule has 0 aliphatic carbocycles. The van der Waals surface area contributed by atoms with Crippen molar-refractivity contribution in [2.75, 3.05) is 19.7 Å². The molecule has 0 atom stereocenters. The molecule has 0 bridgehead atoms. The second kappa shape index (κ2) is 8.35. The first-order chi connectivity index (χ1) is 12.8. The van der Waals surface area contributed by atoms with Gasteiger partial charge in [-0.3, -0.25) is 0 Å². The van der Waals surface area contributed by atoms with Gasteiger partial charge in [-0.2, -0.15) is 0 Å². The van der Waals surface area contributed by atoms with Crippen LogP contribution < -0.4 is 14.8 Å². The van der Waals surface area contributed by atoms with Crippen molar-refractivity contribution in [2.24, 2.45) is 5.92 Å². The van der Waals surface area contributed by atoms with E-state index in [1.165, 1.54) is 30.3 Å². The zero-order valence-corrected chi connectivity index (χ0v) is 15.0. The van der Waals surface area contributed by atoms with Crippen LogP contribution in [-0.2, 0) is 0 Å². The number of halogens is 5. The first kappa shape index (κ1) is 19.8. The first-order valence-electron chi connectivity index (χ1n) is 8.50. The Labute approximate surface area is 159 Å². The highest BCUT2D eigenvalue weighted by atomic mass is 35.5. The Morgan fingerprint density at radius 2 is 1.67 bits per heavy atom. The molecule has 1 fully saturated rings. The van der Waals surface area contributed by atoms with E-state index in [4.69, 9.17) is 16.3 Å².